The van der Waals surface area contributed by atoms with Gasteiger partial charge in [-0.1, -0.05) is 97.9 Å². The smallest absolute Gasteiger partial charge is 0.319 e. The van der Waals surface area contributed by atoms with Gasteiger partial charge in [-0.15, -0.1) is 0 Å². The van der Waals surface area contributed by atoms with Gasteiger partial charge in [0.15, 0.2) is 0 Å². The average Bonchev–Trinajstić information content (AvgIpc) is 3.06. The Balaban J connectivity index is 1.64. The lowest BCUT2D eigenvalue weighted by Gasteiger charge is -2.32. The Morgan fingerprint density at radius 1 is 0.839 bits per heavy atom. The number of imide groups is 1. The van der Waals surface area contributed by atoms with Gasteiger partial charge in [-0.05, 0) is 30.2 Å². The number of benzene rings is 3. The number of carbonyl (C=O) groups excluding carboxylic acids is 2. The van der Waals surface area contributed by atoms with E-state index in [1.54, 1.807) is 0 Å². The first kappa shape index (κ1) is 20.8. The molecule has 1 fully saturated rings. The molecule has 0 radical (unpaired) electrons. The van der Waals surface area contributed by atoms with E-state index in [1.165, 1.54) is 4.90 Å². The molecule has 3 aromatic carbocycles. The van der Waals surface area contributed by atoms with Crippen molar-refractivity contribution >= 4 is 11.9 Å². The molecule has 3 aromatic rings. The van der Waals surface area contributed by atoms with Crippen LogP contribution < -0.4 is 5.32 Å². The predicted molar refractivity (Wildman–Crippen MR) is 121 cm³/mol. The van der Waals surface area contributed by atoms with Crippen molar-refractivity contribution < 1.29 is 9.59 Å². The minimum absolute atomic E-state index is 0.0867. The summed E-state index contributed by atoms with van der Waals surface area (Å²) >= 11 is 0. The quantitative estimate of drug-likeness (QED) is 0.580. The Morgan fingerprint density at radius 3 is 1.81 bits per heavy atom. The molecule has 4 rings (SSSR count). The van der Waals surface area contributed by atoms with Crippen LogP contribution in [0.3, 0.4) is 0 Å². The van der Waals surface area contributed by atoms with E-state index in [9.17, 15) is 9.59 Å². The number of hydrogen-bond donors (Lipinski definition) is 1. The molecule has 1 saturated heterocycles. The summed E-state index contributed by atoms with van der Waals surface area (Å²) in [5.41, 5.74) is 2.00. The van der Waals surface area contributed by atoms with Crippen molar-refractivity contribution in [2.24, 2.45) is 0 Å². The van der Waals surface area contributed by atoms with E-state index in [4.69, 9.17) is 0 Å². The number of nitrogens with zero attached hydrogens (tertiary/aromatic N) is 2. The van der Waals surface area contributed by atoms with Crippen LogP contribution in [0.15, 0.2) is 91.0 Å². The average molecular weight is 414 g/mol. The van der Waals surface area contributed by atoms with Gasteiger partial charge in [0.2, 0.25) is 0 Å². The maximum absolute atomic E-state index is 13.5. The highest BCUT2D eigenvalue weighted by atomic mass is 16.2. The molecule has 1 aliphatic heterocycles. The van der Waals surface area contributed by atoms with Crippen molar-refractivity contribution in [3.05, 3.63) is 108 Å². The molecule has 31 heavy (non-hydrogen) atoms. The fourth-order valence-corrected chi connectivity index (χ4v) is 4.39. The topological polar surface area (TPSA) is 52.7 Å². The SMILES string of the molecule is CCC1(c2ccccc2)NC(=O)N(CN(C)C(c2ccccc2)c2ccccc2)C1=O. The molecule has 0 bridgehead atoms. The van der Waals surface area contributed by atoms with Crippen molar-refractivity contribution in [3.8, 4) is 0 Å². The van der Waals surface area contributed by atoms with Crippen LogP contribution in [0.4, 0.5) is 4.79 Å². The molecule has 5 heteroatoms. The van der Waals surface area contributed by atoms with E-state index in [-0.39, 0.29) is 24.6 Å². The molecule has 1 aliphatic rings. The van der Waals surface area contributed by atoms with Crippen molar-refractivity contribution in [1.82, 2.24) is 15.1 Å². The second kappa shape index (κ2) is 8.74. The molecule has 1 N–H and O–H groups in total. The van der Waals surface area contributed by atoms with Crippen LogP contribution in [-0.2, 0) is 10.3 Å². The first-order chi connectivity index (χ1) is 15.1. The van der Waals surface area contributed by atoms with E-state index in [1.807, 2.05) is 85.6 Å². The van der Waals surface area contributed by atoms with Crippen molar-refractivity contribution in [2.75, 3.05) is 13.7 Å². The summed E-state index contributed by atoms with van der Waals surface area (Å²) in [5.74, 6) is -0.210. The predicted octanol–water partition coefficient (Wildman–Crippen LogP) is 4.52. The van der Waals surface area contributed by atoms with Gasteiger partial charge in [0.05, 0.1) is 12.7 Å². The lowest BCUT2D eigenvalue weighted by Crippen LogP contribution is -2.45. The maximum Gasteiger partial charge on any atom is 0.326 e. The summed E-state index contributed by atoms with van der Waals surface area (Å²) < 4.78 is 0. The number of nitrogens with one attached hydrogen (secondary N) is 1. The van der Waals surface area contributed by atoms with Crippen LogP contribution in [0, 0.1) is 0 Å². The van der Waals surface area contributed by atoms with Gasteiger partial charge < -0.3 is 5.32 Å². The number of hydrogen-bond acceptors (Lipinski definition) is 3. The zero-order chi connectivity index (χ0) is 21.8. The number of rotatable bonds is 7. The molecular weight excluding hydrogens is 386 g/mol. The fraction of sp³-hybridized carbons (Fsp3) is 0.231. The third-order valence-electron chi connectivity index (χ3n) is 6.01. The summed E-state index contributed by atoms with van der Waals surface area (Å²) in [7, 11) is 1.94. The van der Waals surface area contributed by atoms with Crippen molar-refractivity contribution in [3.63, 3.8) is 0 Å². The summed E-state index contributed by atoms with van der Waals surface area (Å²) in [6.45, 7) is 2.11. The third-order valence-corrected chi connectivity index (χ3v) is 6.01. The molecule has 0 aliphatic carbocycles. The first-order valence-corrected chi connectivity index (χ1v) is 10.6. The molecule has 1 heterocycles. The Hall–Kier alpha value is -3.44. The molecule has 0 aromatic heterocycles. The molecule has 1 unspecified atom stereocenters. The maximum atomic E-state index is 13.5. The van der Waals surface area contributed by atoms with Gasteiger partial charge in [-0.2, -0.15) is 0 Å². The van der Waals surface area contributed by atoms with Crippen LogP contribution in [0.25, 0.3) is 0 Å². The van der Waals surface area contributed by atoms with Gasteiger partial charge in [0.25, 0.3) is 5.91 Å². The van der Waals surface area contributed by atoms with E-state index in [0.29, 0.717) is 6.42 Å². The lowest BCUT2D eigenvalue weighted by molar-refractivity contribution is -0.133. The molecule has 5 nitrogen and oxygen atoms in total. The minimum atomic E-state index is -1.02. The van der Waals surface area contributed by atoms with Crippen LogP contribution in [-0.4, -0.2) is 35.5 Å². The third kappa shape index (κ3) is 3.84. The minimum Gasteiger partial charge on any atom is -0.319 e. The zero-order valence-electron chi connectivity index (χ0n) is 17.9. The Labute approximate surface area is 183 Å². The Kier molecular flexibility index (Phi) is 5.87. The highest BCUT2D eigenvalue weighted by molar-refractivity contribution is 6.07. The summed E-state index contributed by atoms with van der Waals surface area (Å²) in [6, 6.07) is 29.3. The second-order valence-corrected chi connectivity index (χ2v) is 7.91. The standard InChI is InChI=1S/C26H27N3O2/c1-3-26(22-17-11-6-12-18-22)24(30)29(25(31)27-26)19-28(2)23(20-13-7-4-8-14-20)21-15-9-5-10-16-21/h4-18,23H,3,19H2,1-2H3,(H,27,31). The van der Waals surface area contributed by atoms with Gasteiger partial charge in [0.1, 0.15) is 5.54 Å². The molecule has 3 amide bonds. The monoisotopic (exact) mass is 413 g/mol. The van der Waals surface area contributed by atoms with Crippen molar-refractivity contribution in [1.29, 1.82) is 0 Å². The Bertz CT molecular complexity index is 1000. The highest BCUT2D eigenvalue weighted by Gasteiger charge is 2.51. The van der Waals surface area contributed by atoms with Crippen LogP contribution in [0.1, 0.15) is 36.1 Å². The summed E-state index contributed by atoms with van der Waals surface area (Å²) in [5, 5.41) is 2.97. The fourth-order valence-electron chi connectivity index (χ4n) is 4.39. The van der Waals surface area contributed by atoms with Crippen LogP contribution in [0.5, 0.6) is 0 Å². The lowest BCUT2D eigenvalue weighted by atomic mass is 9.87. The van der Waals surface area contributed by atoms with E-state index in [2.05, 4.69) is 29.6 Å². The van der Waals surface area contributed by atoms with Crippen LogP contribution in [0.2, 0.25) is 0 Å². The number of urea groups is 1. The number of carbonyl (C=O) groups is 2. The molecule has 158 valence electrons. The highest BCUT2D eigenvalue weighted by Crippen LogP contribution is 2.34. The first-order valence-electron chi connectivity index (χ1n) is 10.6. The molecular formula is C26H27N3O2. The zero-order valence-corrected chi connectivity index (χ0v) is 17.9. The Morgan fingerprint density at radius 2 is 1.32 bits per heavy atom. The summed E-state index contributed by atoms with van der Waals surface area (Å²) in [6.07, 6.45) is 0.489. The van der Waals surface area contributed by atoms with Gasteiger partial charge >= 0.3 is 6.03 Å². The second-order valence-electron chi connectivity index (χ2n) is 7.91. The van der Waals surface area contributed by atoms with Crippen molar-refractivity contribution in [2.45, 2.75) is 24.9 Å². The van der Waals surface area contributed by atoms with Gasteiger partial charge in [-0.25, -0.2) is 9.69 Å². The summed E-state index contributed by atoms with van der Waals surface area (Å²) in [4.78, 5) is 29.8. The molecule has 0 spiro atoms. The van der Waals surface area contributed by atoms with E-state index in [0.717, 1.165) is 16.7 Å². The van der Waals surface area contributed by atoms with Gasteiger partial charge in [0, 0.05) is 0 Å². The van der Waals surface area contributed by atoms with Gasteiger partial charge in [-0.3, -0.25) is 9.69 Å². The van der Waals surface area contributed by atoms with Crippen LogP contribution >= 0.6 is 0 Å². The van der Waals surface area contributed by atoms with E-state index >= 15 is 0 Å². The van der Waals surface area contributed by atoms with E-state index < -0.39 is 5.54 Å². The largest absolute Gasteiger partial charge is 0.326 e. The number of amides is 3. The molecule has 0 saturated carbocycles. The molecule has 1 atom stereocenters. The normalized spacial score (nSPS) is 18.6.